The van der Waals surface area contributed by atoms with Crippen LogP contribution in [0.15, 0.2) is 46.9 Å². The van der Waals surface area contributed by atoms with Crippen molar-refractivity contribution in [3.8, 4) is 11.3 Å². The van der Waals surface area contributed by atoms with E-state index in [1.807, 2.05) is 31.2 Å². The van der Waals surface area contributed by atoms with Crippen molar-refractivity contribution in [1.29, 1.82) is 0 Å². The Bertz CT molecular complexity index is 1020. The van der Waals surface area contributed by atoms with E-state index in [2.05, 4.69) is 36.5 Å². The highest BCUT2D eigenvalue weighted by atomic mass is 79.9. The predicted octanol–water partition coefficient (Wildman–Crippen LogP) is 4.55. The van der Waals surface area contributed by atoms with Crippen LogP contribution < -0.4 is 16.4 Å². The molecular weight excluding hydrogens is 430 g/mol. The first-order chi connectivity index (χ1) is 12.9. The van der Waals surface area contributed by atoms with E-state index in [9.17, 15) is 4.79 Å². The lowest BCUT2D eigenvalue weighted by molar-refractivity contribution is 0.0962. The van der Waals surface area contributed by atoms with Crippen LogP contribution in [-0.2, 0) is 0 Å². The predicted molar refractivity (Wildman–Crippen MR) is 112 cm³/mol. The fourth-order valence-corrected chi connectivity index (χ4v) is 3.20. The SMILES string of the molecule is CNC(=O)c1cc(Nc2cc(-c3cc(Cl)ccc3C)nc(N)n2)ccc1Br. The summed E-state index contributed by atoms with van der Waals surface area (Å²) in [4.78, 5) is 20.5. The van der Waals surface area contributed by atoms with E-state index < -0.39 is 0 Å². The highest BCUT2D eigenvalue weighted by Crippen LogP contribution is 2.29. The number of hydrogen-bond donors (Lipinski definition) is 3. The molecule has 0 saturated heterocycles. The number of nitrogens with two attached hydrogens (primary N) is 1. The maximum atomic E-state index is 12.0. The van der Waals surface area contributed by atoms with Crippen molar-refractivity contribution >= 4 is 50.9 Å². The summed E-state index contributed by atoms with van der Waals surface area (Å²) in [5.41, 5.74) is 9.66. The Morgan fingerprint density at radius 2 is 1.93 bits per heavy atom. The van der Waals surface area contributed by atoms with E-state index in [1.165, 1.54) is 0 Å². The molecule has 0 bridgehead atoms. The van der Waals surface area contributed by atoms with Crippen LogP contribution in [0.2, 0.25) is 5.02 Å². The van der Waals surface area contributed by atoms with Gasteiger partial charge in [-0.25, -0.2) is 4.98 Å². The highest BCUT2D eigenvalue weighted by molar-refractivity contribution is 9.10. The average molecular weight is 447 g/mol. The molecule has 0 aliphatic carbocycles. The minimum absolute atomic E-state index is 0.137. The van der Waals surface area contributed by atoms with Gasteiger partial charge in [-0.1, -0.05) is 17.7 Å². The number of aryl methyl sites for hydroxylation is 1. The fraction of sp³-hybridized carbons (Fsp3) is 0.105. The lowest BCUT2D eigenvalue weighted by Crippen LogP contribution is -2.18. The Labute approximate surface area is 170 Å². The van der Waals surface area contributed by atoms with Crippen molar-refractivity contribution in [3.05, 3.63) is 63.1 Å². The summed E-state index contributed by atoms with van der Waals surface area (Å²) in [7, 11) is 1.58. The first-order valence-corrected chi connectivity index (χ1v) is 9.24. The van der Waals surface area contributed by atoms with Gasteiger partial charge in [0.05, 0.1) is 11.3 Å². The Hall–Kier alpha value is -2.64. The number of hydrogen-bond acceptors (Lipinski definition) is 5. The molecule has 0 aliphatic rings. The molecule has 0 atom stereocenters. The second-order valence-corrected chi connectivity index (χ2v) is 7.15. The van der Waals surface area contributed by atoms with Crippen molar-refractivity contribution in [1.82, 2.24) is 15.3 Å². The molecule has 3 aromatic rings. The van der Waals surface area contributed by atoms with Crippen LogP contribution in [-0.4, -0.2) is 22.9 Å². The number of nitrogens with one attached hydrogen (secondary N) is 2. The van der Waals surface area contributed by atoms with E-state index >= 15 is 0 Å². The number of carbonyl (C=O) groups is 1. The normalized spacial score (nSPS) is 10.5. The number of carbonyl (C=O) groups excluding carboxylic acids is 1. The largest absolute Gasteiger partial charge is 0.368 e. The van der Waals surface area contributed by atoms with E-state index in [-0.39, 0.29) is 11.9 Å². The number of amides is 1. The van der Waals surface area contributed by atoms with Gasteiger partial charge in [0.25, 0.3) is 5.91 Å². The van der Waals surface area contributed by atoms with Crippen LogP contribution in [0.1, 0.15) is 15.9 Å². The Kier molecular flexibility index (Phi) is 5.62. The molecule has 0 aliphatic heterocycles. The Morgan fingerprint density at radius 3 is 2.67 bits per heavy atom. The molecule has 138 valence electrons. The van der Waals surface area contributed by atoms with E-state index in [4.69, 9.17) is 17.3 Å². The number of nitrogens with zero attached hydrogens (tertiary/aromatic N) is 2. The molecule has 1 aromatic heterocycles. The number of rotatable bonds is 4. The van der Waals surface area contributed by atoms with E-state index in [1.54, 1.807) is 25.2 Å². The molecule has 0 fully saturated rings. The summed E-state index contributed by atoms with van der Waals surface area (Å²) in [5.74, 6) is 0.461. The minimum atomic E-state index is -0.192. The lowest BCUT2D eigenvalue weighted by atomic mass is 10.1. The molecule has 3 rings (SSSR count). The van der Waals surface area contributed by atoms with Gasteiger partial charge in [0.1, 0.15) is 5.82 Å². The molecule has 0 radical (unpaired) electrons. The zero-order chi connectivity index (χ0) is 19.6. The minimum Gasteiger partial charge on any atom is -0.368 e. The van der Waals surface area contributed by atoms with Crippen molar-refractivity contribution in [2.24, 2.45) is 0 Å². The van der Waals surface area contributed by atoms with Crippen molar-refractivity contribution in [2.75, 3.05) is 18.1 Å². The molecule has 0 unspecified atom stereocenters. The summed E-state index contributed by atoms with van der Waals surface area (Å²) < 4.78 is 0.699. The summed E-state index contributed by atoms with van der Waals surface area (Å²) in [6, 6.07) is 12.7. The van der Waals surface area contributed by atoms with Crippen LogP contribution in [0.4, 0.5) is 17.5 Å². The Morgan fingerprint density at radius 1 is 1.15 bits per heavy atom. The third kappa shape index (κ3) is 4.37. The van der Waals surface area contributed by atoms with Gasteiger partial charge in [0.2, 0.25) is 5.95 Å². The zero-order valence-corrected chi connectivity index (χ0v) is 17.0. The third-order valence-corrected chi connectivity index (χ3v) is 4.86. The van der Waals surface area contributed by atoms with Crippen LogP contribution in [0.25, 0.3) is 11.3 Å². The third-order valence-electron chi connectivity index (χ3n) is 3.93. The van der Waals surface area contributed by atoms with Crippen LogP contribution in [0, 0.1) is 6.92 Å². The monoisotopic (exact) mass is 445 g/mol. The second-order valence-electron chi connectivity index (χ2n) is 5.85. The fourth-order valence-electron chi connectivity index (χ4n) is 2.60. The summed E-state index contributed by atoms with van der Waals surface area (Å²) in [6.07, 6.45) is 0. The lowest BCUT2D eigenvalue weighted by Gasteiger charge is -2.12. The highest BCUT2D eigenvalue weighted by Gasteiger charge is 2.12. The molecule has 2 aromatic carbocycles. The first-order valence-electron chi connectivity index (χ1n) is 8.07. The standard InChI is InChI=1S/C19H17BrClN5O/c1-10-3-4-11(21)7-13(10)16-9-17(26-19(22)25-16)24-12-5-6-15(20)14(8-12)18(27)23-2/h3-9H,1-2H3,(H,23,27)(H3,22,24,25,26). The number of halogens is 2. The van der Waals surface area contributed by atoms with Gasteiger partial charge < -0.3 is 16.4 Å². The number of anilines is 3. The van der Waals surface area contributed by atoms with Crippen LogP contribution in [0.3, 0.4) is 0 Å². The van der Waals surface area contributed by atoms with Gasteiger partial charge >= 0.3 is 0 Å². The van der Waals surface area contributed by atoms with E-state index in [0.717, 1.165) is 11.1 Å². The second kappa shape index (κ2) is 7.94. The summed E-state index contributed by atoms with van der Waals surface area (Å²) in [6.45, 7) is 1.97. The number of nitrogen functional groups attached to an aromatic ring is 1. The maximum absolute atomic E-state index is 12.0. The summed E-state index contributed by atoms with van der Waals surface area (Å²) >= 11 is 9.50. The van der Waals surface area contributed by atoms with Crippen molar-refractivity contribution < 1.29 is 4.79 Å². The van der Waals surface area contributed by atoms with Gasteiger partial charge in [-0.2, -0.15) is 4.98 Å². The van der Waals surface area contributed by atoms with Crippen LogP contribution in [0.5, 0.6) is 0 Å². The van der Waals surface area contributed by atoms with Gasteiger partial charge in [-0.15, -0.1) is 0 Å². The number of benzene rings is 2. The van der Waals surface area contributed by atoms with Gasteiger partial charge in [-0.05, 0) is 58.7 Å². The molecule has 27 heavy (non-hydrogen) atoms. The molecule has 0 spiro atoms. The molecule has 4 N–H and O–H groups in total. The molecule has 8 heteroatoms. The molecular formula is C19H17BrClN5O. The van der Waals surface area contributed by atoms with Crippen molar-refractivity contribution in [2.45, 2.75) is 6.92 Å². The number of aromatic nitrogens is 2. The molecule has 6 nitrogen and oxygen atoms in total. The van der Waals surface area contributed by atoms with Crippen LogP contribution >= 0.6 is 27.5 Å². The topological polar surface area (TPSA) is 92.9 Å². The van der Waals surface area contributed by atoms with Gasteiger partial charge in [0, 0.05) is 33.9 Å². The smallest absolute Gasteiger partial charge is 0.252 e. The first kappa shape index (κ1) is 19.1. The quantitative estimate of drug-likeness (QED) is 0.546. The van der Waals surface area contributed by atoms with Crippen molar-refractivity contribution in [3.63, 3.8) is 0 Å². The maximum Gasteiger partial charge on any atom is 0.252 e. The summed E-state index contributed by atoms with van der Waals surface area (Å²) in [5, 5.41) is 6.40. The molecule has 0 saturated carbocycles. The van der Waals surface area contributed by atoms with Gasteiger partial charge in [0.15, 0.2) is 0 Å². The molecule has 1 amide bonds. The van der Waals surface area contributed by atoms with Gasteiger partial charge in [-0.3, -0.25) is 4.79 Å². The average Bonchev–Trinajstić information content (AvgIpc) is 2.64. The Balaban J connectivity index is 1.98. The molecule has 1 heterocycles. The van der Waals surface area contributed by atoms with E-state index in [0.29, 0.717) is 32.3 Å². The zero-order valence-electron chi connectivity index (χ0n) is 14.7.